The van der Waals surface area contributed by atoms with Crippen LogP contribution in [0.25, 0.3) is 0 Å². The van der Waals surface area contributed by atoms with Gasteiger partial charge in [0.15, 0.2) is 0 Å². The molecule has 1 N–H and O–H groups in total. The summed E-state index contributed by atoms with van der Waals surface area (Å²) in [6.45, 7) is 6.94. The van der Waals surface area contributed by atoms with Gasteiger partial charge >= 0.3 is 0 Å². The van der Waals surface area contributed by atoms with Crippen molar-refractivity contribution < 1.29 is 4.74 Å². The van der Waals surface area contributed by atoms with Gasteiger partial charge in [-0.25, -0.2) is 0 Å². The molecule has 1 aromatic heterocycles. The fraction of sp³-hybridized carbons (Fsp3) is 0.667. The summed E-state index contributed by atoms with van der Waals surface area (Å²) >= 11 is 0. The molecule has 1 aromatic rings. The van der Waals surface area contributed by atoms with E-state index < -0.39 is 0 Å². The average molecular weight is 236 g/mol. The van der Waals surface area contributed by atoms with Crippen LogP contribution < -0.4 is 10.1 Å². The lowest BCUT2D eigenvalue weighted by Crippen LogP contribution is -2.25. The van der Waals surface area contributed by atoms with E-state index in [9.17, 15) is 0 Å². The van der Waals surface area contributed by atoms with Crippen molar-refractivity contribution in [2.45, 2.75) is 19.8 Å². The minimum absolute atomic E-state index is 0.600. The number of hydrogen-bond donors (Lipinski definition) is 1. The SMILES string of the molecule is CCNc1cncc(OCCN2CCCC2)n1. The van der Waals surface area contributed by atoms with Crippen molar-refractivity contribution in [3.05, 3.63) is 12.4 Å². The van der Waals surface area contributed by atoms with Crippen LogP contribution in [0.3, 0.4) is 0 Å². The Bertz CT molecular complexity index is 339. The summed E-state index contributed by atoms with van der Waals surface area (Å²) < 4.78 is 5.60. The van der Waals surface area contributed by atoms with Crippen LogP contribution in [0.2, 0.25) is 0 Å². The monoisotopic (exact) mass is 236 g/mol. The zero-order chi connectivity index (χ0) is 11.9. The van der Waals surface area contributed by atoms with E-state index in [0.29, 0.717) is 12.5 Å². The average Bonchev–Trinajstić information content (AvgIpc) is 2.83. The predicted octanol–water partition coefficient (Wildman–Crippen LogP) is 1.38. The maximum absolute atomic E-state index is 5.60. The molecule has 1 fully saturated rings. The first kappa shape index (κ1) is 12.1. The van der Waals surface area contributed by atoms with Crippen molar-refractivity contribution >= 4 is 5.82 Å². The maximum Gasteiger partial charge on any atom is 0.234 e. The molecule has 2 rings (SSSR count). The number of nitrogens with zero attached hydrogens (tertiary/aromatic N) is 3. The summed E-state index contributed by atoms with van der Waals surface area (Å²) in [6.07, 6.45) is 5.99. The molecule has 0 aliphatic carbocycles. The first-order valence-corrected chi connectivity index (χ1v) is 6.29. The summed E-state index contributed by atoms with van der Waals surface area (Å²) in [4.78, 5) is 10.8. The lowest BCUT2D eigenvalue weighted by Gasteiger charge is -2.14. The van der Waals surface area contributed by atoms with E-state index in [2.05, 4.69) is 20.2 Å². The van der Waals surface area contributed by atoms with Crippen LogP contribution in [0.15, 0.2) is 12.4 Å². The highest BCUT2D eigenvalue weighted by Gasteiger charge is 2.10. The smallest absolute Gasteiger partial charge is 0.234 e. The van der Waals surface area contributed by atoms with E-state index in [1.54, 1.807) is 12.4 Å². The molecule has 0 spiro atoms. The molecule has 94 valence electrons. The van der Waals surface area contributed by atoms with Crippen LogP contribution in [0, 0.1) is 0 Å². The molecular formula is C12H20N4O. The Morgan fingerprint density at radius 1 is 1.35 bits per heavy atom. The van der Waals surface area contributed by atoms with Crippen LogP contribution in [0.1, 0.15) is 19.8 Å². The van der Waals surface area contributed by atoms with Gasteiger partial charge in [0.1, 0.15) is 12.4 Å². The van der Waals surface area contributed by atoms with Gasteiger partial charge in [0.05, 0.1) is 12.4 Å². The predicted molar refractivity (Wildman–Crippen MR) is 67.4 cm³/mol. The Balaban J connectivity index is 1.75. The van der Waals surface area contributed by atoms with E-state index in [0.717, 1.165) is 18.9 Å². The number of anilines is 1. The zero-order valence-electron chi connectivity index (χ0n) is 10.4. The highest BCUT2D eigenvalue weighted by atomic mass is 16.5. The molecule has 0 aromatic carbocycles. The molecule has 5 heteroatoms. The lowest BCUT2D eigenvalue weighted by atomic mass is 10.4. The summed E-state index contributed by atoms with van der Waals surface area (Å²) in [6, 6.07) is 0. The topological polar surface area (TPSA) is 50.3 Å². The molecule has 0 saturated carbocycles. The van der Waals surface area contributed by atoms with Crippen molar-refractivity contribution in [3.63, 3.8) is 0 Å². The summed E-state index contributed by atoms with van der Waals surface area (Å²) in [5.41, 5.74) is 0. The second-order valence-corrected chi connectivity index (χ2v) is 4.17. The van der Waals surface area contributed by atoms with Gasteiger partial charge in [-0.1, -0.05) is 0 Å². The van der Waals surface area contributed by atoms with Crippen LogP contribution in [0.4, 0.5) is 5.82 Å². The van der Waals surface area contributed by atoms with Gasteiger partial charge in [0.25, 0.3) is 0 Å². The molecule has 2 heterocycles. The van der Waals surface area contributed by atoms with Crippen molar-refractivity contribution in [2.24, 2.45) is 0 Å². The second-order valence-electron chi connectivity index (χ2n) is 4.17. The van der Waals surface area contributed by atoms with Crippen molar-refractivity contribution in [3.8, 4) is 5.88 Å². The van der Waals surface area contributed by atoms with Crippen molar-refractivity contribution in [2.75, 3.05) is 38.1 Å². The van der Waals surface area contributed by atoms with Gasteiger partial charge in [0.2, 0.25) is 5.88 Å². The van der Waals surface area contributed by atoms with Crippen LogP contribution in [0.5, 0.6) is 5.88 Å². The Morgan fingerprint density at radius 2 is 2.18 bits per heavy atom. The standard InChI is InChI=1S/C12H20N4O/c1-2-14-11-9-13-10-12(15-11)17-8-7-16-5-3-4-6-16/h9-10H,2-8H2,1H3,(H,14,15). The quantitative estimate of drug-likeness (QED) is 0.808. The molecular weight excluding hydrogens is 216 g/mol. The van der Waals surface area contributed by atoms with Gasteiger partial charge in [-0.05, 0) is 32.9 Å². The number of aromatic nitrogens is 2. The Kier molecular flexibility index (Phi) is 4.55. The third kappa shape index (κ3) is 3.85. The maximum atomic E-state index is 5.60. The molecule has 0 amide bonds. The van der Waals surface area contributed by atoms with Crippen molar-refractivity contribution in [1.29, 1.82) is 0 Å². The number of rotatable bonds is 6. The second kappa shape index (κ2) is 6.39. The third-order valence-corrected chi connectivity index (χ3v) is 2.83. The number of nitrogens with one attached hydrogen (secondary N) is 1. The van der Waals surface area contributed by atoms with E-state index in [4.69, 9.17) is 4.74 Å². The van der Waals surface area contributed by atoms with Gasteiger partial charge in [-0.3, -0.25) is 9.88 Å². The Morgan fingerprint density at radius 3 is 2.94 bits per heavy atom. The van der Waals surface area contributed by atoms with Gasteiger partial charge in [-0.2, -0.15) is 4.98 Å². The highest BCUT2D eigenvalue weighted by molar-refractivity contribution is 5.32. The fourth-order valence-electron chi connectivity index (χ4n) is 1.97. The minimum Gasteiger partial charge on any atom is -0.475 e. The van der Waals surface area contributed by atoms with E-state index in [1.165, 1.54) is 25.9 Å². The third-order valence-electron chi connectivity index (χ3n) is 2.83. The van der Waals surface area contributed by atoms with Crippen molar-refractivity contribution in [1.82, 2.24) is 14.9 Å². The molecule has 17 heavy (non-hydrogen) atoms. The minimum atomic E-state index is 0.600. The Hall–Kier alpha value is -1.36. The summed E-state index contributed by atoms with van der Waals surface area (Å²) in [5, 5.41) is 3.12. The first-order chi connectivity index (χ1) is 8.38. The molecule has 0 unspecified atom stereocenters. The van der Waals surface area contributed by atoms with Gasteiger partial charge < -0.3 is 10.1 Å². The van der Waals surface area contributed by atoms with Crippen LogP contribution in [-0.2, 0) is 0 Å². The Labute approximate surface area is 102 Å². The largest absolute Gasteiger partial charge is 0.475 e. The van der Waals surface area contributed by atoms with Gasteiger partial charge in [0, 0.05) is 13.1 Å². The lowest BCUT2D eigenvalue weighted by molar-refractivity contribution is 0.231. The normalized spacial score (nSPS) is 16.1. The molecule has 0 atom stereocenters. The number of likely N-dealkylation sites (tertiary alicyclic amines) is 1. The van der Waals surface area contributed by atoms with Crippen LogP contribution >= 0.6 is 0 Å². The summed E-state index contributed by atoms with van der Waals surface area (Å²) in [7, 11) is 0. The van der Waals surface area contributed by atoms with E-state index in [-0.39, 0.29) is 0 Å². The van der Waals surface area contributed by atoms with E-state index >= 15 is 0 Å². The molecule has 1 saturated heterocycles. The molecule has 0 bridgehead atoms. The number of hydrogen-bond acceptors (Lipinski definition) is 5. The molecule has 5 nitrogen and oxygen atoms in total. The first-order valence-electron chi connectivity index (χ1n) is 6.29. The number of ether oxygens (including phenoxy) is 1. The highest BCUT2D eigenvalue weighted by Crippen LogP contribution is 2.10. The van der Waals surface area contributed by atoms with Crippen LogP contribution in [-0.4, -0.2) is 47.7 Å². The molecule has 1 aliphatic rings. The molecule has 0 radical (unpaired) electrons. The summed E-state index contributed by atoms with van der Waals surface area (Å²) in [5.74, 6) is 1.37. The zero-order valence-corrected chi connectivity index (χ0v) is 10.4. The molecule has 1 aliphatic heterocycles. The fourth-order valence-corrected chi connectivity index (χ4v) is 1.97. The van der Waals surface area contributed by atoms with Gasteiger partial charge in [-0.15, -0.1) is 0 Å². The van der Waals surface area contributed by atoms with E-state index in [1.807, 2.05) is 6.92 Å².